The van der Waals surface area contributed by atoms with Crippen molar-refractivity contribution in [2.45, 2.75) is 18.9 Å². The van der Waals surface area contributed by atoms with Crippen LogP contribution in [0, 0.1) is 0 Å². The topological polar surface area (TPSA) is 58.2 Å². The minimum absolute atomic E-state index is 0.0273. The molecule has 1 amide bonds. The minimum atomic E-state index is -0.0529. The third-order valence-electron chi connectivity index (χ3n) is 4.48. The number of aromatic nitrogens is 2. The molecule has 5 nitrogen and oxygen atoms in total. The predicted octanol–water partition coefficient (Wildman–Crippen LogP) is 3.96. The Hall–Kier alpha value is -2.53. The molecule has 0 saturated carbocycles. The van der Waals surface area contributed by atoms with E-state index in [1.807, 2.05) is 41.3 Å². The maximum atomic E-state index is 12.6. The molecule has 0 unspecified atom stereocenters. The third-order valence-corrected chi connectivity index (χ3v) is 4.80. The number of aromatic amines is 1. The molecule has 1 saturated heterocycles. The molecule has 0 radical (unpaired) electrons. The molecular weight excluding hydrogens is 338 g/mol. The van der Waals surface area contributed by atoms with Gasteiger partial charge in [0, 0.05) is 6.54 Å². The number of ether oxygens (including phenoxy) is 1. The van der Waals surface area contributed by atoms with Gasteiger partial charge in [-0.2, -0.15) is 0 Å². The lowest BCUT2D eigenvalue weighted by atomic mass is 10.2. The van der Waals surface area contributed by atoms with Gasteiger partial charge in [0.15, 0.2) is 6.61 Å². The van der Waals surface area contributed by atoms with E-state index < -0.39 is 0 Å². The van der Waals surface area contributed by atoms with Crippen LogP contribution >= 0.6 is 11.6 Å². The summed E-state index contributed by atoms with van der Waals surface area (Å²) in [6, 6.07) is 15.0. The smallest absolute Gasteiger partial charge is 0.261 e. The largest absolute Gasteiger partial charge is 0.482 e. The highest BCUT2D eigenvalue weighted by Crippen LogP contribution is 2.31. The first kappa shape index (κ1) is 16.0. The summed E-state index contributed by atoms with van der Waals surface area (Å²) in [7, 11) is 0. The highest BCUT2D eigenvalue weighted by molar-refractivity contribution is 6.32. The summed E-state index contributed by atoms with van der Waals surface area (Å²) < 4.78 is 5.60. The van der Waals surface area contributed by atoms with Crippen LogP contribution in [0.1, 0.15) is 24.7 Å². The molecule has 1 atom stereocenters. The monoisotopic (exact) mass is 355 g/mol. The Morgan fingerprint density at radius 2 is 2.04 bits per heavy atom. The van der Waals surface area contributed by atoms with Gasteiger partial charge in [-0.05, 0) is 37.1 Å². The van der Waals surface area contributed by atoms with Gasteiger partial charge < -0.3 is 14.6 Å². The normalized spacial score (nSPS) is 17.2. The van der Waals surface area contributed by atoms with Gasteiger partial charge >= 0.3 is 0 Å². The quantitative estimate of drug-likeness (QED) is 0.770. The molecule has 2 heterocycles. The fraction of sp³-hybridized carbons (Fsp3) is 0.263. The van der Waals surface area contributed by atoms with Gasteiger partial charge in [-0.15, -0.1) is 0 Å². The van der Waals surface area contributed by atoms with Crippen molar-refractivity contribution in [2.24, 2.45) is 0 Å². The van der Waals surface area contributed by atoms with E-state index in [1.54, 1.807) is 12.1 Å². The standard InChI is InChI=1S/C19H18ClN3O2/c20-13-6-1-4-10-17(13)25-12-18(24)23-11-5-9-16(23)19-21-14-7-2-3-8-15(14)22-19/h1-4,6-8,10,16H,5,9,11-12H2,(H,21,22)/t16-/m1/s1. The molecule has 2 aromatic carbocycles. The predicted molar refractivity (Wildman–Crippen MR) is 96.7 cm³/mol. The van der Waals surface area contributed by atoms with E-state index >= 15 is 0 Å². The molecule has 1 aliphatic heterocycles. The second-order valence-corrected chi connectivity index (χ2v) is 6.51. The molecule has 25 heavy (non-hydrogen) atoms. The van der Waals surface area contributed by atoms with E-state index in [0.29, 0.717) is 17.3 Å². The van der Waals surface area contributed by atoms with Crippen LogP contribution in [0.3, 0.4) is 0 Å². The number of nitrogens with one attached hydrogen (secondary N) is 1. The van der Waals surface area contributed by atoms with Crippen LogP contribution in [-0.4, -0.2) is 33.9 Å². The summed E-state index contributed by atoms with van der Waals surface area (Å²) >= 11 is 6.07. The van der Waals surface area contributed by atoms with Crippen molar-refractivity contribution in [3.05, 3.63) is 59.4 Å². The van der Waals surface area contributed by atoms with E-state index in [0.717, 1.165) is 29.7 Å². The Morgan fingerprint density at radius 1 is 1.24 bits per heavy atom. The van der Waals surface area contributed by atoms with Crippen molar-refractivity contribution < 1.29 is 9.53 Å². The number of benzene rings is 2. The maximum absolute atomic E-state index is 12.6. The molecule has 1 fully saturated rings. The molecule has 0 spiro atoms. The summed E-state index contributed by atoms with van der Waals surface area (Å²) in [6.07, 6.45) is 1.86. The summed E-state index contributed by atoms with van der Waals surface area (Å²) in [5.41, 5.74) is 1.91. The molecular formula is C19H18ClN3O2. The van der Waals surface area contributed by atoms with Crippen LogP contribution in [0.5, 0.6) is 5.75 Å². The molecule has 0 bridgehead atoms. The Labute approximate surface area is 150 Å². The first-order chi connectivity index (χ1) is 12.2. The molecule has 3 aromatic rings. The van der Waals surface area contributed by atoms with Gasteiger partial charge in [0.1, 0.15) is 11.6 Å². The van der Waals surface area contributed by atoms with Crippen molar-refractivity contribution in [1.82, 2.24) is 14.9 Å². The molecule has 4 rings (SSSR count). The fourth-order valence-corrected chi connectivity index (χ4v) is 3.45. The summed E-state index contributed by atoms with van der Waals surface area (Å²) in [5.74, 6) is 1.31. The van der Waals surface area contributed by atoms with Crippen molar-refractivity contribution in [2.75, 3.05) is 13.2 Å². The molecule has 1 aromatic heterocycles. The van der Waals surface area contributed by atoms with Gasteiger partial charge in [0.2, 0.25) is 0 Å². The number of likely N-dealkylation sites (tertiary alicyclic amines) is 1. The van der Waals surface area contributed by atoms with Crippen molar-refractivity contribution in [3.8, 4) is 5.75 Å². The molecule has 128 valence electrons. The van der Waals surface area contributed by atoms with Crippen LogP contribution in [0.25, 0.3) is 11.0 Å². The zero-order valence-electron chi connectivity index (χ0n) is 13.6. The minimum Gasteiger partial charge on any atom is -0.482 e. The Morgan fingerprint density at radius 3 is 2.88 bits per heavy atom. The maximum Gasteiger partial charge on any atom is 0.261 e. The lowest BCUT2D eigenvalue weighted by Crippen LogP contribution is -2.34. The number of amides is 1. The molecule has 1 N–H and O–H groups in total. The van der Waals surface area contributed by atoms with Crippen molar-refractivity contribution in [3.63, 3.8) is 0 Å². The molecule has 1 aliphatic rings. The highest BCUT2D eigenvalue weighted by atomic mass is 35.5. The summed E-state index contributed by atoms with van der Waals surface area (Å²) in [6.45, 7) is 0.687. The number of hydrogen-bond acceptors (Lipinski definition) is 3. The second-order valence-electron chi connectivity index (χ2n) is 6.10. The van der Waals surface area contributed by atoms with Crippen LogP contribution in [0.15, 0.2) is 48.5 Å². The average molecular weight is 356 g/mol. The van der Waals surface area contributed by atoms with Crippen molar-refractivity contribution in [1.29, 1.82) is 0 Å². The van der Waals surface area contributed by atoms with E-state index in [-0.39, 0.29) is 18.6 Å². The van der Waals surface area contributed by atoms with E-state index in [4.69, 9.17) is 16.3 Å². The number of fused-ring (bicyclic) bond motifs is 1. The number of imidazole rings is 1. The second kappa shape index (κ2) is 6.76. The number of rotatable bonds is 4. The van der Waals surface area contributed by atoms with Crippen LogP contribution in [0.2, 0.25) is 5.02 Å². The molecule has 0 aliphatic carbocycles. The van der Waals surface area contributed by atoms with Crippen LogP contribution in [-0.2, 0) is 4.79 Å². The third kappa shape index (κ3) is 3.20. The number of hydrogen-bond donors (Lipinski definition) is 1. The van der Waals surface area contributed by atoms with E-state index in [9.17, 15) is 4.79 Å². The average Bonchev–Trinajstić information content (AvgIpc) is 3.27. The number of carbonyl (C=O) groups is 1. The van der Waals surface area contributed by atoms with Gasteiger partial charge in [-0.1, -0.05) is 35.9 Å². The fourth-order valence-electron chi connectivity index (χ4n) is 3.26. The van der Waals surface area contributed by atoms with Crippen LogP contribution in [0.4, 0.5) is 0 Å². The molecule has 6 heteroatoms. The number of nitrogens with zero attached hydrogens (tertiary/aromatic N) is 2. The first-order valence-electron chi connectivity index (χ1n) is 8.34. The zero-order chi connectivity index (χ0) is 17.2. The number of carbonyl (C=O) groups excluding carboxylic acids is 1. The van der Waals surface area contributed by atoms with Gasteiger partial charge in [-0.25, -0.2) is 4.98 Å². The summed E-state index contributed by atoms with van der Waals surface area (Å²) in [5, 5.41) is 0.505. The van der Waals surface area contributed by atoms with Gasteiger partial charge in [0.05, 0.1) is 22.1 Å². The van der Waals surface area contributed by atoms with E-state index in [1.165, 1.54) is 0 Å². The Balaban J connectivity index is 1.49. The summed E-state index contributed by atoms with van der Waals surface area (Å²) in [4.78, 5) is 22.5. The van der Waals surface area contributed by atoms with Gasteiger partial charge in [-0.3, -0.25) is 4.79 Å². The highest BCUT2D eigenvalue weighted by Gasteiger charge is 2.32. The number of halogens is 1. The zero-order valence-corrected chi connectivity index (χ0v) is 14.4. The Bertz CT molecular complexity index is 875. The lowest BCUT2D eigenvalue weighted by Gasteiger charge is -2.23. The number of para-hydroxylation sites is 3. The van der Waals surface area contributed by atoms with Crippen molar-refractivity contribution >= 4 is 28.5 Å². The van der Waals surface area contributed by atoms with Crippen LogP contribution < -0.4 is 4.74 Å². The first-order valence-corrected chi connectivity index (χ1v) is 8.71. The SMILES string of the molecule is O=C(COc1ccccc1Cl)N1CCC[C@@H]1c1nc2ccccc2[nH]1. The van der Waals surface area contributed by atoms with E-state index in [2.05, 4.69) is 9.97 Å². The van der Waals surface area contributed by atoms with Gasteiger partial charge in [0.25, 0.3) is 5.91 Å². The lowest BCUT2D eigenvalue weighted by molar-refractivity contribution is -0.134. The number of H-pyrrole nitrogens is 1. The Kier molecular flexibility index (Phi) is 4.32.